The summed E-state index contributed by atoms with van der Waals surface area (Å²) in [7, 11) is -4.00. The number of piperazine rings is 1. The molecule has 6 rings (SSSR count). The Morgan fingerprint density at radius 1 is 0.900 bits per heavy atom. The van der Waals surface area contributed by atoms with Gasteiger partial charge >= 0.3 is 6.18 Å². The first-order valence-electron chi connectivity index (χ1n) is 11.9. The molecule has 1 saturated heterocycles. The van der Waals surface area contributed by atoms with Crippen molar-refractivity contribution in [2.45, 2.75) is 20.9 Å². The molecule has 0 atom stereocenters. The third-order valence-corrected chi connectivity index (χ3v) is 9.77. The van der Waals surface area contributed by atoms with E-state index in [1.807, 2.05) is 30.3 Å². The van der Waals surface area contributed by atoms with Gasteiger partial charge in [0, 0.05) is 53.7 Å². The van der Waals surface area contributed by atoms with Crippen molar-refractivity contribution in [3.63, 3.8) is 0 Å². The van der Waals surface area contributed by atoms with E-state index in [0.29, 0.717) is 16.6 Å². The second-order valence-corrected chi connectivity index (χ2v) is 12.3. The zero-order chi connectivity index (χ0) is 28.1. The van der Waals surface area contributed by atoms with Crippen LogP contribution in [0.25, 0.3) is 21.9 Å². The Bertz CT molecular complexity index is 1840. The number of fused-ring (bicyclic) bond motifs is 2. The molecule has 0 saturated carbocycles. The first-order valence-corrected chi connectivity index (χ1v) is 14.5. The van der Waals surface area contributed by atoms with Gasteiger partial charge in [-0.3, -0.25) is 4.98 Å². The van der Waals surface area contributed by atoms with Crippen molar-refractivity contribution >= 4 is 61.1 Å². The monoisotopic (exact) mass is 606 g/mol. The highest BCUT2D eigenvalue weighted by Gasteiger charge is 2.34. The third kappa shape index (κ3) is 4.85. The molecule has 0 aliphatic carbocycles. The number of pyridine rings is 2. The van der Waals surface area contributed by atoms with Crippen LogP contribution in [0.15, 0.2) is 80.2 Å². The first-order chi connectivity index (χ1) is 19.1. The molecule has 3 aromatic heterocycles. The minimum absolute atomic E-state index is 0.0525. The van der Waals surface area contributed by atoms with E-state index in [1.165, 1.54) is 22.1 Å². The van der Waals surface area contributed by atoms with Gasteiger partial charge in [0.05, 0.1) is 16.1 Å². The highest BCUT2D eigenvalue weighted by Crippen LogP contribution is 2.38. The van der Waals surface area contributed by atoms with E-state index in [1.54, 1.807) is 17.2 Å². The second kappa shape index (κ2) is 10.2. The van der Waals surface area contributed by atoms with Crippen LogP contribution < -0.4 is 4.90 Å². The number of aromatic nitrogens is 4. The molecule has 0 amide bonds. The lowest BCUT2D eigenvalue weighted by Gasteiger charge is -2.35. The normalized spacial score (nSPS) is 15.2. The van der Waals surface area contributed by atoms with Crippen LogP contribution in [0.4, 0.5) is 19.0 Å². The summed E-state index contributed by atoms with van der Waals surface area (Å²) in [5, 5.41) is 8.68. The molecule has 2 aromatic carbocycles. The fraction of sp³-hybridized carbons (Fsp3) is 0.200. The minimum atomic E-state index is -4.57. The summed E-state index contributed by atoms with van der Waals surface area (Å²) in [6.45, 7) is 0.484. The van der Waals surface area contributed by atoms with Crippen molar-refractivity contribution in [3.8, 4) is 0 Å². The van der Waals surface area contributed by atoms with Gasteiger partial charge in [0.15, 0.2) is 11.0 Å². The summed E-state index contributed by atoms with van der Waals surface area (Å²) in [5.74, 6) is 0.166. The number of anilines is 1. The molecule has 40 heavy (non-hydrogen) atoms. The number of rotatable bonds is 5. The van der Waals surface area contributed by atoms with Crippen molar-refractivity contribution in [2.24, 2.45) is 0 Å². The van der Waals surface area contributed by atoms with Gasteiger partial charge in [-0.1, -0.05) is 41.6 Å². The van der Waals surface area contributed by atoms with Crippen LogP contribution in [0.2, 0.25) is 5.02 Å². The first kappa shape index (κ1) is 26.7. The Hall–Kier alpha value is -3.46. The SMILES string of the molecule is O=S(=O)(c1ccc(Sc2cccc3cccnc23)c2nonc12)N1CCN(c2ncc(C(F)(F)F)cc2Cl)CC1. The molecular weight excluding hydrogens is 589 g/mol. The van der Waals surface area contributed by atoms with E-state index in [-0.39, 0.29) is 47.4 Å². The lowest BCUT2D eigenvalue weighted by Crippen LogP contribution is -2.49. The van der Waals surface area contributed by atoms with Crippen LogP contribution >= 0.6 is 23.4 Å². The second-order valence-electron chi connectivity index (χ2n) is 8.87. The molecule has 9 nitrogen and oxygen atoms in total. The van der Waals surface area contributed by atoms with E-state index < -0.39 is 21.8 Å². The van der Waals surface area contributed by atoms with Gasteiger partial charge in [-0.25, -0.2) is 18.0 Å². The van der Waals surface area contributed by atoms with Gasteiger partial charge in [0.2, 0.25) is 10.0 Å². The van der Waals surface area contributed by atoms with Crippen molar-refractivity contribution in [1.82, 2.24) is 24.6 Å². The van der Waals surface area contributed by atoms with Crippen molar-refractivity contribution in [1.29, 1.82) is 0 Å². The molecule has 4 heterocycles. The van der Waals surface area contributed by atoms with Gasteiger partial charge in [-0.2, -0.15) is 17.5 Å². The zero-order valence-electron chi connectivity index (χ0n) is 20.3. The molecule has 1 aliphatic heterocycles. The van der Waals surface area contributed by atoms with Crippen LogP contribution in [0, 0.1) is 0 Å². The van der Waals surface area contributed by atoms with E-state index >= 15 is 0 Å². The average Bonchev–Trinajstić information content (AvgIpc) is 3.43. The Morgan fingerprint density at radius 2 is 1.62 bits per heavy atom. The third-order valence-electron chi connectivity index (χ3n) is 6.46. The van der Waals surface area contributed by atoms with Gasteiger partial charge in [0.25, 0.3) is 0 Å². The molecule has 0 radical (unpaired) electrons. The summed E-state index contributed by atoms with van der Waals surface area (Å²) in [6, 6.07) is 13.5. The number of hydrogen-bond acceptors (Lipinski definition) is 9. The largest absolute Gasteiger partial charge is 0.417 e. The molecule has 5 aromatic rings. The van der Waals surface area contributed by atoms with Crippen LogP contribution in [0.3, 0.4) is 0 Å². The summed E-state index contributed by atoms with van der Waals surface area (Å²) in [4.78, 5) is 11.5. The number of hydrogen-bond donors (Lipinski definition) is 0. The number of alkyl halides is 3. The van der Waals surface area contributed by atoms with E-state index in [4.69, 9.17) is 16.2 Å². The fourth-order valence-corrected chi connectivity index (χ4v) is 7.33. The number of nitrogens with zero attached hydrogens (tertiary/aromatic N) is 6. The van der Waals surface area contributed by atoms with Crippen LogP contribution in [0.1, 0.15) is 5.56 Å². The van der Waals surface area contributed by atoms with Crippen LogP contribution in [-0.2, 0) is 16.2 Å². The molecule has 0 N–H and O–H groups in total. The fourth-order valence-electron chi connectivity index (χ4n) is 4.49. The van der Waals surface area contributed by atoms with Gasteiger partial charge in [-0.05, 0) is 40.6 Å². The molecular formula is C25H18ClF3N6O3S2. The zero-order valence-corrected chi connectivity index (χ0v) is 22.7. The lowest BCUT2D eigenvalue weighted by atomic mass is 10.2. The number of halogens is 4. The maximum atomic E-state index is 13.6. The van der Waals surface area contributed by atoms with Crippen LogP contribution in [-0.4, -0.2) is 59.2 Å². The van der Waals surface area contributed by atoms with E-state index in [2.05, 4.69) is 20.3 Å². The quantitative estimate of drug-likeness (QED) is 0.256. The Kier molecular flexibility index (Phi) is 6.81. The van der Waals surface area contributed by atoms with Crippen LogP contribution in [0.5, 0.6) is 0 Å². The van der Waals surface area contributed by atoms with Crippen molar-refractivity contribution in [2.75, 3.05) is 31.1 Å². The highest BCUT2D eigenvalue weighted by molar-refractivity contribution is 7.99. The average molecular weight is 607 g/mol. The number of para-hydroxylation sites is 1. The molecule has 0 bridgehead atoms. The molecule has 15 heteroatoms. The molecule has 0 unspecified atom stereocenters. The summed E-state index contributed by atoms with van der Waals surface area (Å²) < 4.78 is 72.4. The minimum Gasteiger partial charge on any atom is -0.353 e. The molecule has 1 fully saturated rings. The summed E-state index contributed by atoms with van der Waals surface area (Å²) >= 11 is 7.46. The standard InChI is InChI=1S/C25H18ClF3N6O3S2/c26-17-13-16(25(27,28)29)14-31-24(17)34-9-11-35(12-10-34)40(36,37)20-7-6-19(22-23(20)33-38-32-22)39-18-5-1-3-15-4-2-8-30-21(15)18/h1-8,13-14H,9-12H2. The van der Waals surface area contributed by atoms with Gasteiger partial charge in [0.1, 0.15) is 10.7 Å². The Labute approximate surface area is 235 Å². The van der Waals surface area contributed by atoms with Crippen molar-refractivity contribution < 1.29 is 26.2 Å². The van der Waals surface area contributed by atoms with E-state index in [0.717, 1.165) is 21.9 Å². The van der Waals surface area contributed by atoms with Crippen molar-refractivity contribution in [3.05, 3.63) is 71.5 Å². The predicted octanol–water partition coefficient (Wildman–Crippen LogP) is 5.50. The van der Waals surface area contributed by atoms with Gasteiger partial charge < -0.3 is 4.90 Å². The van der Waals surface area contributed by atoms with E-state index in [9.17, 15) is 21.6 Å². The predicted molar refractivity (Wildman–Crippen MR) is 143 cm³/mol. The highest BCUT2D eigenvalue weighted by atomic mass is 35.5. The smallest absolute Gasteiger partial charge is 0.353 e. The molecule has 0 spiro atoms. The lowest BCUT2D eigenvalue weighted by molar-refractivity contribution is -0.137. The summed E-state index contributed by atoms with van der Waals surface area (Å²) in [6.07, 6.45) is -2.15. The number of benzene rings is 2. The van der Waals surface area contributed by atoms with Gasteiger partial charge in [-0.15, -0.1) is 0 Å². The molecule has 1 aliphatic rings. The number of sulfonamides is 1. The Morgan fingerprint density at radius 3 is 2.38 bits per heavy atom. The topological polar surface area (TPSA) is 105 Å². The maximum absolute atomic E-state index is 13.6. The molecule has 206 valence electrons. The Balaban J connectivity index is 1.24. The summed E-state index contributed by atoms with van der Waals surface area (Å²) in [5.41, 5.74) is 0.259. The maximum Gasteiger partial charge on any atom is 0.417 e.